The van der Waals surface area contributed by atoms with Gasteiger partial charge in [-0.05, 0) is 25.0 Å². The minimum Gasteiger partial charge on any atom is -0.346 e. The number of halogens is 3. The minimum atomic E-state index is -4.31. The smallest absolute Gasteiger partial charge is 0.346 e. The molecule has 1 aromatic heterocycles. The number of nitriles is 1. The van der Waals surface area contributed by atoms with Crippen molar-refractivity contribution in [3.8, 4) is 6.07 Å². The van der Waals surface area contributed by atoms with Gasteiger partial charge in [0.25, 0.3) is 0 Å². The van der Waals surface area contributed by atoms with E-state index in [4.69, 9.17) is 5.26 Å². The lowest BCUT2D eigenvalue weighted by Gasteiger charge is -2.25. The molecule has 0 spiro atoms. The van der Waals surface area contributed by atoms with Crippen LogP contribution >= 0.6 is 0 Å². The maximum Gasteiger partial charge on any atom is 0.405 e. The van der Waals surface area contributed by atoms with Crippen molar-refractivity contribution < 1.29 is 13.2 Å². The highest BCUT2D eigenvalue weighted by Crippen LogP contribution is 2.24. The Morgan fingerprint density at radius 1 is 1.44 bits per heavy atom. The fourth-order valence-electron chi connectivity index (χ4n) is 1.67. The third-order valence-electron chi connectivity index (χ3n) is 2.41. The molecule has 1 rings (SSSR count). The van der Waals surface area contributed by atoms with E-state index in [9.17, 15) is 13.2 Å². The van der Waals surface area contributed by atoms with Crippen LogP contribution < -0.4 is 4.90 Å². The van der Waals surface area contributed by atoms with E-state index in [1.165, 1.54) is 6.20 Å². The lowest BCUT2D eigenvalue weighted by atomic mass is 10.1. The van der Waals surface area contributed by atoms with Gasteiger partial charge in [0.2, 0.25) is 0 Å². The standard InChI is InChI=1S/C12H14F3N3/c1-3-6-18(8-12(13,14)15)11-10(7-16)9(2)4-5-17-11/h4-5H,3,6,8H2,1-2H3. The number of aromatic nitrogens is 1. The number of hydrogen-bond donors (Lipinski definition) is 0. The van der Waals surface area contributed by atoms with Crippen LogP contribution in [0.2, 0.25) is 0 Å². The van der Waals surface area contributed by atoms with Crippen molar-refractivity contribution in [1.82, 2.24) is 4.98 Å². The quantitative estimate of drug-likeness (QED) is 0.832. The molecule has 3 nitrogen and oxygen atoms in total. The first kappa shape index (κ1) is 14.3. The second-order valence-electron chi connectivity index (χ2n) is 3.97. The Morgan fingerprint density at radius 2 is 2.11 bits per heavy atom. The van der Waals surface area contributed by atoms with E-state index in [2.05, 4.69) is 4.98 Å². The summed E-state index contributed by atoms with van der Waals surface area (Å²) in [4.78, 5) is 5.02. The molecule has 6 heteroatoms. The summed E-state index contributed by atoms with van der Waals surface area (Å²) in [6.07, 6.45) is -2.34. The third-order valence-corrected chi connectivity index (χ3v) is 2.41. The maximum absolute atomic E-state index is 12.5. The number of rotatable bonds is 4. The number of nitrogens with zero attached hydrogens (tertiary/aromatic N) is 3. The van der Waals surface area contributed by atoms with Crippen LogP contribution in [0.3, 0.4) is 0 Å². The van der Waals surface area contributed by atoms with Crippen LogP contribution in [0.15, 0.2) is 12.3 Å². The minimum absolute atomic E-state index is 0.108. The molecule has 0 saturated heterocycles. The Balaban J connectivity index is 3.14. The van der Waals surface area contributed by atoms with Crippen molar-refractivity contribution in [2.45, 2.75) is 26.4 Å². The topological polar surface area (TPSA) is 39.9 Å². The molecule has 0 atom stereocenters. The maximum atomic E-state index is 12.5. The van der Waals surface area contributed by atoms with Gasteiger partial charge in [0.05, 0.1) is 5.56 Å². The van der Waals surface area contributed by atoms with Crippen molar-refractivity contribution in [3.05, 3.63) is 23.4 Å². The molecule has 0 aromatic carbocycles. The Morgan fingerprint density at radius 3 is 2.61 bits per heavy atom. The number of pyridine rings is 1. The average Bonchev–Trinajstić information content (AvgIpc) is 2.26. The second kappa shape index (κ2) is 5.71. The first-order valence-corrected chi connectivity index (χ1v) is 5.56. The highest BCUT2D eigenvalue weighted by atomic mass is 19.4. The normalized spacial score (nSPS) is 11.1. The van der Waals surface area contributed by atoms with Gasteiger partial charge in [0.15, 0.2) is 0 Å². The van der Waals surface area contributed by atoms with E-state index in [-0.39, 0.29) is 17.9 Å². The summed E-state index contributed by atoms with van der Waals surface area (Å²) < 4.78 is 37.5. The molecule has 0 aliphatic heterocycles. The van der Waals surface area contributed by atoms with Crippen LogP contribution in [0, 0.1) is 18.3 Å². The number of hydrogen-bond acceptors (Lipinski definition) is 3. The van der Waals surface area contributed by atoms with Gasteiger partial charge in [-0.1, -0.05) is 6.92 Å². The van der Waals surface area contributed by atoms with E-state index in [0.29, 0.717) is 12.0 Å². The molecule has 1 aromatic rings. The van der Waals surface area contributed by atoms with Crippen molar-refractivity contribution >= 4 is 5.82 Å². The summed E-state index contributed by atoms with van der Waals surface area (Å²) in [5.74, 6) is 0.108. The van der Waals surface area contributed by atoms with Crippen molar-refractivity contribution in [2.75, 3.05) is 18.0 Å². The van der Waals surface area contributed by atoms with Gasteiger partial charge in [0.1, 0.15) is 18.4 Å². The van der Waals surface area contributed by atoms with Gasteiger partial charge in [-0.25, -0.2) is 4.98 Å². The third kappa shape index (κ3) is 3.62. The Kier molecular flexibility index (Phi) is 4.54. The molecule has 0 aliphatic rings. The van der Waals surface area contributed by atoms with Crippen LogP contribution in [-0.4, -0.2) is 24.2 Å². The molecule has 0 fully saturated rings. The molecule has 0 radical (unpaired) electrons. The summed E-state index contributed by atoms with van der Waals surface area (Å²) >= 11 is 0. The van der Waals surface area contributed by atoms with Gasteiger partial charge in [-0.3, -0.25) is 0 Å². The van der Waals surface area contributed by atoms with Crippen LogP contribution in [0.5, 0.6) is 0 Å². The van der Waals surface area contributed by atoms with E-state index in [0.717, 1.165) is 4.90 Å². The second-order valence-corrected chi connectivity index (χ2v) is 3.97. The van der Waals surface area contributed by atoms with Crippen molar-refractivity contribution in [3.63, 3.8) is 0 Å². The number of aryl methyl sites for hydroxylation is 1. The van der Waals surface area contributed by atoms with Crippen molar-refractivity contribution in [1.29, 1.82) is 5.26 Å². The molecule has 0 N–H and O–H groups in total. The Hall–Kier alpha value is -1.77. The zero-order valence-electron chi connectivity index (χ0n) is 10.3. The molecule has 18 heavy (non-hydrogen) atoms. The van der Waals surface area contributed by atoms with Gasteiger partial charge in [-0.15, -0.1) is 0 Å². The molecular formula is C12H14F3N3. The molecular weight excluding hydrogens is 243 g/mol. The van der Waals surface area contributed by atoms with Gasteiger partial charge < -0.3 is 4.90 Å². The van der Waals surface area contributed by atoms with Crippen LogP contribution in [-0.2, 0) is 0 Å². The Bertz CT molecular complexity index is 449. The lowest BCUT2D eigenvalue weighted by Crippen LogP contribution is -2.36. The summed E-state index contributed by atoms with van der Waals surface area (Å²) in [5, 5.41) is 9.02. The van der Waals surface area contributed by atoms with Gasteiger partial charge >= 0.3 is 6.18 Å². The zero-order valence-corrected chi connectivity index (χ0v) is 10.3. The predicted octanol–water partition coefficient (Wildman–Crippen LogP) is 3.04. The fourth-order valence-corrected chi connectivity index (χ4v) is 1.67. The predicted molar refractivity (Wildman–Crippen MR) is 62.2 cm³/mol. The van der Waals surface area contributed by atoms with Gasteiger partial charge in [0, 0.05) is 12.7 Å². The summed E-state index contributed by atoms with van der Waals surface area (Å²) in [7, 11) is 0. The molecule has 98 valence electrons. The molecule has 0 amide bonds. The average molecular weight is 257 g/mol. The highest BCUT2D eigenvalue weighted by molar-refractivity contribution is 5.57. The molecule has 0 aliphatic carbocycles. The van der Waals surface area contributed by atoms with Gasteiger partial charge in [-0.2, -0.15) is 18.4 Å². The summed E-state index contributed by atoms with van der Waals surface area (Å²) in [6.45, 7) is 2.59. The fraction of sp³-hybridized carbons (Fsp3) is 0.500. The molecule has 1 heterocycles. The van der Waals surface area contributed by atoms with E-state index >= 15 is 0 Å². The highest BCUT2D eigenvalue weighted by Gasteiger charge is 2.32. The first-order chi connectivity index (χ1) is 8.39. The Labute approximate surface area is 104 Å². The first-order valence-electron chi connectivity index (χ1n) is 5.56. The largest absolute Gasteiger partial charge is 0.405 e. The molecule has 0 saturated carbocycles. The van der Waals surface area contributed by atoms with Crippen molar-refractivity contribution in [2.24, 2.45) is 0 Å². The number of anilines is 1. The lowest BCUT2D eigenvalue weighted by molar-refractivity contribution is -0.119. The van der Waals surface area contributed by atoms with Crippen LogP contribution in [0.4, 0.5) is 19.0 Å². The summed E-state index contributed by atoms with van der Waals surface area (Å²) in [6, 6.07) is 3.53. The number of alkyl halides is 3. The SMILES string of the molecule is CCCN(CC(F)(F)F)c1nccc(C)c1C#N. The zero-order chi connectivity index (χ0) is 13.8. The van der Waals surface area contributed by atoms with E-state index < -0.39 is 12.7 Å². The van der Waals surface area contributed by atoms with E-state index in [1.54, 1.807) is 19.9 Å². The monoisotopic (exact) mass is 257 g/mol. The van der Waals surface area contributed by atoms with Crippen LogP contribution in [0.1, 0.15) is 24.5 Å². The van der Waals surface area contributed by atoms with Crippen LogP contribution in [0.25, 0.3) is 0 Å². The molecule has 0 unspecified atom stereocenters. The summed E-state index contributed by atoms with van der Waals surface area (Å²) in [5.41, 5.74) is 0.834. The molecule has 0 bridgehead atoms. The van der Waals surface area contributed by atoms with E-state index in [1.807, 2.05) is 6.07 Å².